The molecule has 1 aromatic heterocycles. The van der Waals surface area contributed by atoms with Gasteiger partial charge in [0.15, 0.2) is 0 Å². The van der Waals surface area contributed by atoms with Crippen LogP contribution in [0.15, 0.2) is 89.1 Å². The first-order valence-corrected chi connectivity index (χ1v) is 11.5. The number of carbonyl (C=O) groups is 1. The lowest BCUT2D eigenvalue weighted by Crippen LogP contribution is -2.46. The smallest absolute Gasteiger partial charge is 0.326 e. The van der Waals surface area contributed by atoms with Gasteiger partial charge in [0.1, 0.15) is 0 Å². The van der Waals surface area contributed by atoms with Gasteiger partial charge in [-0.2, -0.15) is 4.98 Å². The fourth-order valence-electron chi connectivity index (χ4n) is 4.15. The van der Waals surface area contributed by atoms with Gasteiger partial charge in [0.25, 0.3) is 5.89 Å². The van der Waals surface area contributed by atoms with Gasteiger partial charge in [-0.3, -0.25) is 4.90 Å². The number of hydrogen-bond acceptors (Lipinski definition) is 4. The number of urea groups is 1. The number of aryl methyl sites for hydroxylation is 1. The molecule has 2 amide bonds. The van der Waals surface area contributed by atoms with E-state index in [9.17, 15) is 4.79 Å². The van der Waals surface area contributed by atoms with Crippen molar-refractivity contribution in [2.45, 2.75) is 26.3 Å². The van der Waals surface area contributed by atoms with Crippen LogP contribution in [0.3, 0.4) is 0 Å². The zero-order valence-corrected chi connectivity index (χ0v) is 19.6. The fraction of sp³-hybridized carbons (Fsp3) is 0.148. The zero-order chi connectivity index (χ0) is 23.7. The Kier molecular flexibility index (Phi) is 5.90. The minimum atomic E-state index is -0.433. The van der Waals surface area contributed by atoms with E-state index in [4.69, 9.17) is 21.1 Å². The van der Waals surface area contributed by atoms with E-state index in [1.165, 1.54) is 5.56 Å². The van der Waals surface area contributed by atoms with Crippen molar-refractivity contribution in [1.29, 1.82) is 0 Å². The standard InChI is InChI=1S/C27H23ClN4O2/c1-3-18-9-11-19(12-10-18)24-23(17(2)32(27(33)29-24)22-7-5-4-6-8-22)26-30-25(31-34-26)20-13-15-21(28)16-14-20/h4-16,24H,3H2,1-2H3,(H,29,33). The number of aromatic nitrogens is 2. The third-order valence-electron chi connectivity index (χ3n) is 5.98. The second-order valence-corrected chi connectivity index (χ2v) is 8.51. The Morgan fingerprint density at radius 3 is 2.38 bits per heavy atom. The van der Waals surface area contributed by atoms with E-state index in [2.05, 4.69) is 29.5 Å². The number of halogens is 1. The van der Waals surface area contributed by atoms with Crippen molar-refractivity contribution in [3.8, 4) is 11.4 Å². The van der Waals surface area contributed by atoms with Gasteiger partial charge in [-0.1, -0.05) is 66.1 Å². The molecular weight excluding hydrogens is 448 g/mol. The van der Waals surface area contributed by atoms with Gasteiger partial charge in [0.05, 0.1) is 17.3 Å². The van der Waals surface area contributed by atoms with Crippen LogP contribution in [0, 0.1) is 0 Å². The highest BCUT2D eigenvalue weighted by Gasteiger charge is 2.36. The van der Waals surface area contributed by atoms with Crippen molar-refractivity contribution in [3.63, 3.8) is 0 Å². The third-order valence-corrected chi connectivity index (χ3v) is 6.23. The number of allylic oxidation sites excluding steroid dienone is 1. The second-order valence-electron chi connectivity index (χ2n) is 8.08. The molecule has 0 radical (unpaired) electrons. The second kappa shape index (κ2) is 9.15. The summed E-state index contributed by atoms with van der Waals surface area (Å²) in [5.74, 6) is 0.808. The van der Waals surface area contributed by atoms with Gasteiger partial charge in [0, 0.05) is 16.3 Å². The first-order chi connectivity index (χ1) is 16.5. The Hall–Kier alpha value is -3.90. The molecule has 1 aliphatic heterocycles. The summed E-state index contributed by atoms with van der Waals surface area (Å²) in [6.45, 7) is 4.02. The molecule has 0 saturated carbocycles. The van der Waals surface area contributed by atoms with Crippen LogP contribution in [-0.2, 0) is 6.42 Å². The number of hydrogen-bond donors (Lipinski definition) is 1. The number of para-hydroxylation sites is 1. The predicted octanol–water partition coefficient (Wildman–Crippen LogP) is 6.65. The van der Waals surface area contributed by atoms with Gasteiger partial charge in [-0.05, 0) is 60.9 Å². The maximum Gasteiger partial charge on any atom is 0.326 e. The Balaban J connectivity index is 1.63. The van der Waals surface area contributed by atoms with E-state index < -0.39 is 6.04 Å². The Bertz CT molecular complexity index is 1350. The monoisotopic (exact) mass is 470 g/mol. The quantitative estimate of drug-likeness (QED) is 0.354. The summed E-state index contributed by atoms with van der Waals surface area (Å²) in [5.41, 5.74) is 5.19. The lowest BCUT2D eigenvalue weighted by Gasteiger charge is -2.35. The van der Waals surface area contributed by atoms with E-state index in [1.807, 2.05) is 61.5 Å². The summed E-state index contributed by atoms with van der Waals surface area (Å²) < 4.78 is 5.75. The van der Waals surface area contributed by atoms with Gasteiger partial charge in [-0.25, -0.2) is 4.79 Å². The van der Waals surface area contributed by atoms with Crippen LogP contribution >= 0.6 is 11.6 Å². The first kappa shape index (κ1) is 21.9. The van der Waals surface area contributed by atoms with Gasteiger partial charge in [-0.15, -0.1) is 0 Å². The third kappa shape index (κ3) is 4.08. The van der Waals surface area contributed by atoms with Crippen molar-refractivity contribution in [3.05, 3.63) is 107 Å². The van der Waals surface area contributed by atoms with Crippen LogP contribution in [0.25, 0.3) is 17.0 Å². The lowest BCUT2D eigenvalue weighted by molar-refractivity contribution is 0.244. The maximum absolute atomic E-state index is 13.2. The molecule has 1 aliphatic rings. The highest BCUT2D eigenvalue weighted by Crippen LogP contribution is 2.39. The van der Waals surface area contributed by atoms with E-state index in [0.29, 0.717) is 16.7 Å². The number of nitrogens with one attached hydrogen (secondary N) is 1. The van der Waals surface area contributed by atoms with E-state index in [-0.39, 0.29) is 6.03 Å². The molecule has 34 heavy (non-hydrogen) atoms. The molecule has 1 unspecified atom stereocenters. The summed E-state index contributed by atoms with van der Waals surface area (Å²) >= 11 is 6.02. The fourth-order valence-corrected chi connectivity index (χ4v) is 4.28. The number of rotatable bonds is 5. The molecule has 0 aliphatic carbocycles. The van der Waals surface area contributed by atoms with Crippen molar-refractivity contribution < 1.29 is 9.32 Å². The zero-order valence-electron chi connectivity index (χ0n) is 18.8. The molecule has 7 heteroatoms. The molecule has 2 heterocycles. The summed E-state index contributed by atoms with van der Waals surface area (Å²) in [6.07, 6.45) is 0.939. The van der Waals surface area contributed by atoms with E-state index in [0.717, 1.165) is 34.5 Å². The molecular formula is C27H23ClN4O2. The number of anilines is 1. The molecule has 1 atom stereocenters. The van der Waals surface area contributed by atoms with Crippen molar-refractivity contribution in [2.24, 2.45) is 0 Å². The van der Waals surface area contributed by atoms with Crippen LogP contribution in [-0.4, -0.2) is 16.2 Å². The summed E-state index contributed by atoms with van der Waals surface area (Å²) in [5, 5.41) is 7.98. The molecule has 0 spiro atoms. The Morgan fingerprint density at radius 2 is 1.71 bits per heavy atom. The average molecular weight is 471 g/mol. The molecule has 4 aromatic rings. The van der Waals surface area contributed by atoms with Crippen molar-refractivity contribution in [2.75, 3.05) is 4.90 Å². The average Bonchev–Trinajstić information content (AvgIpc) is 3.34. The van der Waals surface area contributed by atoms with Gasteiger partial charge < -0.3 is 9.84 Å². The lowest BCUT2D eigenvalue weighted by atomic mass is 9.93. The number of amides is 2. The normalized spacial score (nSPS) is 16.0. The van der Waals surface area contributed by atoms with Crippen LogP contribution in [0.4, 0.5) is 10.5 Å². The molecule has 1 N–H and O–H groups in total. The Labute approximate surface area is 202 Å². The van der Waals surface area contributed by atoms with Crippen LogP contribution in [0.2, 0.25) is 5.02 Å². The Morgan fingerprint density at radius 1 is 1.00 bits per heavy atom. The first-order valence-electron chi connectivity index (χ1n) is 11.1. The number of carbonyl (C=O) groups excluding carboxylic acids is 1. The van der Waals surface area contributed by atoms with Crippen LogP contribution in [0.1, 0.15) is 36.9 Å². The highest BCUT2D eigenvalue weighted by molar-refractivity contribution is 6.30. The molecule has 5 rings (SSSR count). The van der Waals surface area contributed by atoms with Crippen LogP contribution < -0.4 is 10.2 Å². The largest absolute Gasteiger partial charge is 0.334 e. The van der Waals surface area contributed by atoms with E-state index >= 15 is 0 Å². The predicted molar refractivity (Wildman–Crippen MR) is 133 cm³/mol. The molecule has 3 aromatic carbocycles. The summed E-state index contributed by atoms with van der Waals surface area (Å²) in [6, 6.07) is 24.3. The van der Waals surface area contributed by atoms with E-state index in [1.54, 1.807) is 17.0 Å². The number of nitrogens with zero attached hydrogens (tertiary/aromatic N) is 3. The van der Waals surface area contributed by atoms with Gasteiger partial charge in [0.2, 0.25) is 5.82 Å². The minimum absolute atomic E-state index is 0.213. The van der Waals surface area contributed by atoms with Gasteiger partial charge >= 0.3 is 6.03 Å². The SMILES string of the molecule is CCc1ccc(C2NC(=O)N(c3ccccc3)C(C)=C2c2nc(-c3ccc(Cl)cc3)no2)cc1. The molecule has 0 bridgehead atoms. The highest BCUT2D eigenvalue weighted by atomic mass is 35.5. The van der Waals surface area contributed by atoms with Crippen molar-refractivity contribution >= 4 is 28.9 Å². The maximum atomic E-state index is 13.2. The minimum Gasteiger partial charge on any atom is -0.334 e. The van der Waals surface area contributed by atoms with Crippen molar-refractivity contribution in [1.82, 2.24) is 15.5 Å². The molecule has 0 fully saturated rings. The van der Waals surface area contributed by atoms with Crippen LogP contribution in [0.5, 0.6) is 0 Å². The molecule has 0 saturated heterocycles. The summed E-state index contributed by atoms with van der Waals surface area (Å²) in [4.78, 5) is 19.6. The summed E-state index contributed by atoms with van der Waals surface area (Å²) in [7, 11) is 0. The molecule has 170 valence electrons. The number of benzene rings is 3. The topological polar surface area (TPSA) is 71.3 Å². The molecule has 6 nitrogen and oxygen atoms in total.